The third-order valence-electron chi connectivity index (χ3n) is 3.48. The van der Waals surface area contributed by atoms with Crippen LogP contribution in [0.1, 0.15) is 11.1 Å². The first-order valence-electron chi connectivity index (χ1n) is 7.49. The van der Waals surface area contributed by atoms with Crippen LogP contribution in [0.5, 0.6) is 0 Å². The summed E-state index contributed by atoms with van der Waals surface area (Å²) in [4.78, 5) is 27.3. The lowest BCUT2D eigenvalue weighted by atomic mass is 9.98. The summed E-state index contributed by atoms with van der Waals surface area (Å²) in [6.45, 7) is 0.435. The third kappa shape index (κ3) is 5.68. The second kappa shape index (κ2) is 8.61. The first-order chi connectivity index (χ1) is 11.5. The van der Waals surface area contributed by atoms with Crippen molar-refractivity contribution in [2.45, 2.75) is 13.0 Å². The highest BCUT2D eigenvalue weighted by atomic mass is 19.1. The van der Waals surface area contributed by atoms with Gasteiger partial charge in [-0.2, -0.15) is 0 Å². The molecule has 0 fully saturated rings. The van der Waals surface area contributed by atoms with Gasteiger partial charge in [-0.1, -0.05) is 18.2 Å². The van der Waals surface area contributed by atoms with Gasteiger partial charge in [0.25, 0.3) is 0 Å². The Labute approximate surface area is 139 Å². The van der Waals surface area contributed by atoms with Crippen molar-refractivity contribution in [3.63, 3.8) is 0 Å². The van der Waals surface area contributed by atoms with Crippen molar-refractivity contribution < 1.29 is 14.0 Å². The highest BCUT2D eigenvalue weighted by molar-refractivity contribution is 5.79. The fraction of sp³-hybridized carbons (Fsp3) is 0.235. The zero-order valence-corrected chi connectivity index (χ0v) is 13.0. The normalized spacial score (nSPS) is 11.5. The second-order valence-electron chi connectivity index (χ2n) is 5.35. The number of benzene rings is 1. The number of halogens is 1. The summed E-state index contributed by atoms with van der Waals surface area (Å²) in [6, 6.07) is 9.04. The van der Waals surface area contributed by atoms with E-state index >= 15 is 0 Å². The molecule has 6 nitrogen and oxygen atoms in total. The highest BCUT2D eigenvalue weighted by Gasteiger charge is 2.17. The molecule has 0 aliphatic carbocycles. The average molecular weight is 330 g/mol. The van der Waals surface area contributed by atoms with Crippen molar-refractivity contribution in [1.82, 2.24) is 15.6 Å². The van der Waals surface area contributed by atoms with Gasteiger partial charge in [-0.3, -0.25) is 9.78 Å². The molecule has 0 aliphatic heterocycles. The SMILES string of the molecule is NC(=O)[C@@H](CNC(=O)NCc1cccnc1)Cc1ccc(F)cc1. The number of nitrogens with zero attached hydrogens (tertiary/aromatic N) is 1. The molecule has 0 saturated heterocycles. The first-order valence-corrected chi connectivity index (χ1v) is 7.49. The summed E-state index contributed by atoms with van der Waals surface area (Å²) in [6.07, 6.45) is 3.63. The van der Waals surface area contributed by atoms with Gasteiger partial charge in [0.05, 0.1) is 5.92 Å². The molecule has 7 heteroatoms. The number of urea groups is 1. The standard InChI is InChI=1S/C17H19FN4O2/c18-15-5-3-12(4-6-15)8-14(16(19)23)11-22-17(24)21-10-13-2-1-7-20-9-13/h1-7,9,14H,8,10-11H2,(H2,19,23)(H2,21,22,24)/t14-/m1/s1. The maximum atomic E-state index is 12.9. The molecule has 1 atom stereocenters. The van der Waals surface area contributed by atoms with Crippen molar-refractivity contribution in [2.24, 2.45) is 11.7 Å². The summed E-state index contributed by atoms with van der Waals surface area (Å²) >= 11 is 0. The molecule has 0 unspecified atom stereocenters. The number of hydrogen-bond donors (Lipinski definition) is 3. The maximum absolute atomic E-state index is 12.9. The molecule has 0 saturated carbocycles. The molecule has 1 heterocycles. The predicted octanol–water partition coefficient (Wildman–Crippen LogP) is 1.36. The minimum Gasteiger partial charge on any atom is -0.369 e. The molecule has 0 radical (unpaired) electrons. The summed E-state index contributed by atoms with van der Waals surface area (Å²) in [7, 11) is 0. The Kier molecular flexibility index (Phi) is 6.24. The van der Waals surface area contributed by atoms with E-state index in [1.165, 1.54) is 12.1 Å². The quantitative estimate of drug-likeness (QED) is 0.715. The van der Waals surface area contributed by atoms with Crippen molar-refractivity contribution in [3.05, 3.63) is 65.7 Å². The number of hydrogen-bond acceptors (Lipinski definition) is 3. The smallest absolute Gasteiger partial charge is 0.315 e. The lowest BCUT2D eigenvalue weighted by Gasteiger charge is -2.15. The lowest BCUT2D eigenvalue weighted by Crippen LogP contribution is -2.41. The van der Waals surface area contributed by atoms with Crippen LogP contribution in [0.2, 0.25) is 0 Å². The molecule has 126 valence electrons. The van der Waals surface area contributed by atoms with Crippen LogP contribution in [0.4, 0.5) is 9.18 Å². The summed E-state index contributed by atoms with van der Waals surface area (Å²) in [5.74, 6) is -1.44. The van der Waals surface area contributed by atoms with Gasteiger partial charge in [0.1, 0.15) is 5.82 Å². The van der Waals surface area contributed by atoms with Crippen LogP contribution < -0.4 is 16.4 Å². The molecule has 4 N–H and O–H groups in total. The molecule has 0 bridgehead atoms. The topological polar surface area (TPSA) is 97.1 Å². The fourth-order valence-electron chi connectivity index (χ4n) is 2.14. The number of carbonyl (C=O) groups is 2. The number of nitrogens with two attached hydrogens (primary N) is 1. The Morgan fingerprint density at radius 2 is 1.88 bits per heavy atom. The molecule has 2 aromatic rings. The van der Waals surface area contributed by atoms with Gasteiger partial charge in [0.15, 0.2) is 0 Å². The zero-order valence-electron chi connectivity index (χ0n) is 13.0. The van der Waals surface area contributed by atoms with Gasteiger partial charge in [-0.25, -0.2) is 9.18 Å². The van der Waals surface area contributed by atoms with E-state index < -0.39 is 17.9 Å². The van der Waals surface area contributed by atoms with Crippen LogP contribution in [0.15, 0.2) is 48.8 Å². The Bertz CT molecular complexity index is 677. The van der Waals surface area contributed by atoms with Crippen molar-refractivity contribution in [2.75, 3.05) is 6.54 Å². The summed E-state index contributed by atoms with van der Waals surface area (Å²) in [5, 5.41) is 5.29. The molecule has 0 aliphatic rings. The largest absolute Gasteiger partial charge is 0.369 e. The van der Waals surface area contributed by atoms with Gasteiger partial charge in [-0.05, 0) is 35.7 Å². The van der Waals surface area contributed by atoms with Gasteiger partial charge in [0.2, 0.25) is 5.91 Å². The monoisotopic (exact) mass is 330 g/mol. The van der Waals surface area contributed by atoms with E-state index in [-0.39, 0.29) is 12.4 Å². The molecule has 0 spiro atoms. The fourth-order valence-corrected chi connectivity index (χ4v) is 2.14. The van der Waals surface area contributed by atoms with Gasteiger partial charge in [0, 0.05) is 25.5 Å². The van der Waals surface area contributed by atoms with E-state index in [1.807, 2.05) is 6.07 Å². The van der Waals surface area contributed by atoms with Gasteiger partial charge < -0.3 is 16.4 Å². The Hall–Kier alpha value is -2.96. The van der Waals surface area contributed by atoms with Crippen LogP contribution in [0, 0.1) is 11.7 Å². The van der Waals surface area contributed by atoms with E-state index in [1.54, 1.807) is 30.6 Å². The Morgan fingerprint density at radius 3 is 2.50 bits per heavy atom. The molecule has 24 heavy (non-hydrogen) atoms. The first kappa shape index (κ1) is 17.4. The minimum absolute atomic E-state index is 0.103. The van der Waals surface area contributed by atoms with Crippen LogP contribution in [0.25, 0.3) is 0 Å². The number of amides is 3. The van der Waals surface area contributed by atoms with Crippen molar-refractivity contribution >= 4 is 11.9 Å². The number of pyridine rings is 1. The lowest BCUT2D eigenvalue weighted by molar-refractivity contribution is -0.121. The summed E-state index contributed by atoms with van der Waals surface area (Å²) < 4.78 is 12.9. The maximum Gasteiger partial charge on any atom is 0.315 e. The van der Waals surface area contributed by atoms with Crippen LogP contribution in [-0.2, 0) is 17.8 Å². The van der Waals surface area contributed by atoms with Gasteiger partial charge >= 0.3 is 6.03 Å². The Morgan fingerprint density at radius 1 is 1.12 bits per heavy atom. The number of aromatic nitrogens is 1. The average Bonchev–Trinajstić information content (AvgIpc) is 2.59. The van der Waals surface area contributed by atoms with Crippen molar-refractivity contribution in [1.29, 1.82) is 0 Å². The molecular weight excluding hydrogens is 311 g/mol. The van der Waals surface area contributed by atoms with Gasteiger partial charge in [-0.15, -0.1) is 0 Å². The molecule has 2 rings (SSSR count). The highest BCUT2D eigenvalue weighted by Crippen LogP contribution is 2.09. The van der Waals surface area contributed by atoms with Crippen LogP contribution in [0.3, 0.4) is 0 Å². The number of carbonyl (C=O) groups excluding carboxylic acids is 2. The second-order valence-corrected chi connectivity index (χ2v) is 5.35. The van der Waals surface area contributed by atoms with Crippen LogP contribution in [-0.4, -0.2) is 23.5 Å². The molecule has 1 aromatic heterocycles. The zero-order chi connectivity index (χ0) is 17.4. The number of nitrogens with one attached hydrogen (secondary N) is 2. The van der Waals surface area contributed by atoms with E-state index in [9.17, 15) is 14.0 Å². The van der Waals surface area contributed by atoms with E-state index in [0.717, 1.165) is 11.1 Å². The van der Waals surface area contributed by atoms with E-state index in [4.69, 9.17) is 5.73 Å². The Balaban J connectivity index is 1.81. The van der Waals surface area contributed by atoms with E-state index in [0.29, 0.717) is 13.0 Å². The van der Waals surface area contributed by atoms with Crippen molar-refractivity contribution in [3.8, 4) is 0 Å². The predicted molar refractivity (Wildman–Crippen MR) is 87.3 cm³/mol. The number of rotatable bonds is 7. The van der Waals surface area contributed by atoms with Crippen LogP contribution >= 0.6 is 0 Å². The minimum atomic E-state index is -0.570. The number of primary amides is 1. The molecule has 3 amide bonds. The molecule has 1 aromatic carbocycles. The summed E-state index contributed by atoms with van der Waals surface area (Å²) in [5.41, 5.74) is 7.01. The third-order valence-corrected chi connectivity index (χ3v) is 3.48. The van der Waals surface area contributed by atoms with E-state index in [2.05, 4.69) is 15.6 Å². The molecular formula is C17H19FN4O2.